The average Bonchev–Trinajstić information content (AvgIpc) is 3.26. The third kappa shape index (κ3) is 5.43. The zero-order valence-corrected chi connectivity index (χ0v) is 19.3. The van der Waals surface area contributed by atoms with Gasteiger partial charge in [0.05, 0.1) is 5.84 Å². The summed E-state index contributed by atoms with van der Waals surface area (Å²) >= 11 is 0. The number of furan rings is 1. The SMILES string of the molecule is CC(=N)N1CCC(Oc2ccc(N(CC(=O)O)C(=O)c3cc4cc(C(=N)N)ccc4o3)cc2)CC1. The molecular weight excluding hydrogens is 450 g/mol. The first-order chi connectivity index (χ1) is 16.7. The molecule has 1 fully saturated rings. The van der Waals surface area contributed by atoms with E-state index < -0.39 is 18.4 Å². The van der Waals surface area contributed by atoms with Crippen LogP contribution in [0.5, 0.6) is 5.75 Å². The van der Waals surface area contributed by atoms with Crippen molar-refractivity contribution in [2.75, 3.05) is 24.5 Å². The van der Waals surface area contributed by atoms with Crippen molar-refractivity contribution >= 4 is 40.2 Å². The molecule has 0 aliphatic carbocycles. The van der Waals surface area contributed by atoms with Crippen molar-refractivity contribution in [2.24, 2.45) is 5.73 Å². The minimum absolute atomic E-state index is 0.0180. The number of anilines is 1. The third-order valence-corrected chi connectivity index (χ3v) is 5.94. The largest absolute Gasteiger partial charge is 0.490 e. The molecule has 35 heavy (non-hydrogen) atoms. The summed E-state index contributed by atoms with van der Waals surface area (Å²) in [6.45, 7) is 2.77. The Balaban J connectivity index is 1.51. The fourth-order valence-corrected chi connectivity index (χ4v) is 4.07. The number of hydrogen-bond acceptors (Lipinski definition) is 6. The molecule has 1 amide bonds. The van der Waals surface area contributed by atoms with Crippen molar-refractivity contribution in [2.45, 2.75) is 25.9 Å². The van der Waals surface area contributed by atoms with E-state index in [1.54, 1.807) is 49.4 Å². The number of likely N-dealkylation sites (tertiary alicyclic amines) is 1. The molecule has 0 radical (unpaired) electrons. The Morgan fingerprint density at radius 1 is 1.14 bits per heavy atom. The van der Waals surface area contributed by atoms with E-state index >= 15 is 0 Å². The summed E-state index contributed by atoms with van der Waals surface area (Å²) in [6, 6.07) is 13.1. The highest BCUT2D eigenvalue weighted by molar-refractivity contribution is 6.08. The van der Waals surface area contributed by atoms with Gasteiger partial charge < -0.3 is 24.9 Å². The lowest BCUT2D eigenvalue weighted by Crippen LogP contribution is -2.40. The first kappa shape index (κ1) is 23.8. The number of nitrogen functional groups attached to an aromatic ring is 1. The molecule has 4 rings (SSSR count). The lowest BCUT2D eigenvalue weighted by molar-refractivity contribution is -0.135. The van der Waals surface area contributed by atoms with E-state index in [4.69, 9.17) is 25.7 Å². The molecule has 2 heterocycles. The lowest BCUT2D eigenvalue weighted by Gasteiger charge is -2.32. The number of carbonyl (C=O) groups excluding carboxylic acids is 1. The molecule has 1 aromatic heterocycles. The van der Waals surface area contributed by atoms with Gasteiger partial charge in [-0.2, -0.15) is 0 Å². The summed E-state index contributed by atoms with van der Waals surface area (Å²) in [5.41, 5.74) is 6.85. The molecule has 2 aromatic carbocycles. The highest BCUT2D eigenvalue weighted by Gasteiger charge is 2.25. The summed E-state index contributed by atoms with van der Waals surface area (Å²) in [7, 11) is 0. The number of rotatable bonds is 7. The number of nitrogens with one attached hydrogen (secondary N) is 2. The van der Waals surface area contributed by atoms with Crippen LogP contribution in [0, 0.1) is 10.8 Å². The number of fused-ring (bicyclic) bond motifs is 1. The zero-order chi connectivity index (χ0) is 25.1. The third-order valence-electron chi connectivity index (χ3n) is 5.94. The van der Waals surface area contributed by atoms with E-state index in [1.807, 2.05) is 4.90 Å². The van der Waals surface area contributed by atoms with Crippen LogP contribution in [-0.4, -0.2) is 59.3 Å². The molecule has 1 saturated heterocycles. The first-order valence-corrected chi connectivity index (χ1v) is 11.2. The molecule has 0 atom stereocenters. The van der Waals surface area contributed by atoms with Crippen LogP contribution in [0.1, 0.15) is 35.9 Å². The van der Waals surface area contributed by atoms with Crippen LogP contribution in [0.15, 0.2) is 52.9 Å². The van der Waals surface area contributed by atoms with E-state index in [-0.39, 0.29) is 17.7 Å². The number of ether oxygens (including phenoxy) is 1. The second kappa shape index (κ2) is 9.88. The van der Waals surface area contributed by atoms with Gasteiger partial charge in [0.25, 0.3) is 5.91 Å². The van der Waals surface area contributed by atoms with Gasteiger partial charge in [0.1, 0.15) is 29.8 Å². The minimum Gasteiger partial charge on any atom is -0.490 e. The van der Waals surface area contributed by atoms with Gasteiger partial charge >= 0.3 is 5.97 Å². The predicted molar refractivity (Wildman–Crippen MR) is 132 cm³/mol. The maximum absolute atomic E-state index is 13.2. The number of benzene rings is 2. The molecule has 0 spiro atoms. The van der Waals surface area contributed by atoms with E-state index in [1.165, 1.54) is 6.07 Å². The van der Waals surface area contributed by atoms with Crippen LogP contribution in [0.25, 0.3) is 11.0 Å². The van der Waals surface area contributed by atoms with E-state index in [0.717, 1.165) is 30.8 Å². The van der Waals surface area contributed by atoms with Crippen molar-refractivity contribution in [3.63, 3.8) is 0 Å². The van der Waals surface area contributed by atoms with Crippen LogP contribution in [0.3, 0.4) is 0 Å². The number of nitrogens with two attached hydrogens (primary N) is 1. The monoisotopic (exact) mass is 477 g/mol. The second-order valence-corrected chi connectivity index (χ2v) is 8.45. The van der Waals surface area contributed by atoms with Gasteiger partial charge in [-0.25, -0.2) is 0 Å². The maximum Gasteiger partial charge on any atom is 0.323 e. The Morgan fingerprint density at radius 2 is 1.83 bits per heavy atom. The Bertz CT molecular complexity index is 1280. The predicted octanol–water partition coefficient (Wildman–Crippen LogP) is 3.29. The fourth-order valence-electron chi connectivity index (χ4n) is 4.07. The number of amidine groups is 2. The molecular formula is C25H27N5O5. The Labute approximate surface area is 201 Å². The molecule has 1 aliphatic rings. The highest BCUT2D eigenvalue weighted by Crippen LogP contribution is 2.27. The number of carboxylic acid groups (broad SMARTS) is 1. The van der Waals surface area contributed by atoms with E-state index in [0.29, 0.717) is 33.8 Å². The number of hydrogen-bond donors (Lipinski definition) is 4. The maximum atomic E-state index is 13.2. The van der Waals surface area contributed by atoms with Crippen molar-refractivity contribution in [1.29, 1.82) is 10.8 Å². The van der Waals surface area contributed by atoms with Gasteiger partial charge in [0.2, 0.25) is 0 Å². The Morgan fingerprint density at radius 3 is 2.43 bits per heavy atom. The quantitative estimate of drug-likeness (QED) is 0.300. The summed E-state index contributed by atoms with van der Waals surface area (Å²) in [6.07, 6.45) is 1.64. The van der Waals surface area contributed by atoms with Crippen LogP contribution in [-0.2, 0) is 4.79 Å². The van der Waals surface area contributed by atoms with Crippen molar-refractivity contribution in [1.82, 2.24) is 4.90 Å². The van der Waals surface area contributed by atoms with Crippen LogP contribution >= 0.6 is 0 Å². The molecule has 0 unspecified atom stereocenters. The van der Waals surface area contributed by atoms with E-state index in [9.17, 15) is 14.7 Å². The summed E-state index contributed by atoms with van der Waals surface area (Å²) in [4.78, 5) is 27.9. The molecule has 10 nitrogen and oxygen atoms in total. The van der Waals surface area contributed by atoms with Crippen LogP contribution in [0.2, 0.25) is 0 Å². The molecule has 3 aromatic rings. The van der Waals surface area contributed by atoms with Crippen molar-refractivity contribution < 1.29 is 23.8 Å². The molecule has 5 N–H and O–H groups in total. The molecule has 10 heteroatoms. The van der Waals surface area contributed by atoms with Gasteiger partial charge in [0, 0.05) is 42.6 Å². The summed E-state index contributed by atoms with van der Waals surface area (Å²) in [5, 5.41) is 25.3. The lowest BCUT2D eigenvalue weighted by atomic mass is 10.1. The number of carboxylic acids is 1. The molecule has 0 saturated carbocycles. The summed E-state index contributed by atoms with van der Waals surface area (Å²) in [5.74, 6) is -0.707. The summed E-state index contributed by atoms with van der Waals surface area (Å²) < 4.78 is 11.7. The zero-order valence-electron chi connectivity index (χ0n) is 19.3. The standard InChI is InChI=1S/C25H27N5O5/c1-15(26)29-10-8-20(9-11-29)34-19-5-3-18(4-6-19)30(14-23(31)32)25(33)22-13-17-12-16(24(27)28)2-7-21(17)35-22/h2-7,12-13,20,26H,8-11,14H2,1H3,(H3,27,28)(H,31,32). The van der Waals surface area contributed by atoms with Gasteiger partial charge in [0.15, 0.2) is 5.76 Å². The normalized spacial score (nSPS) is 14.0. The minimum atomic E-state index is -1.16. The highest BCUT2D eigenvalue weighted by atomic mass is 16.5. The molecule has 1 aliphatic heterocycles. The van der Waals surface area contributed by atoms with Crippen molar-refractivity contribution in [3.8, 4) is 5.75 Å². The number of nitrogens with zero attached hydrogens (tertiary/aromatic N) is 2. The number of carbonyl (C=O) groups is 2. The average molecular weight is 478 g/mol. The van der Waals surface area contributed by atoms with Crippen LogP contribution < -0.4 is 15.4 Å². The molecule has 182 valence electrons. The van der Waals surface area contributed by atoms with Gasteiger partial charge in [-0.1, -0.05) is 0 Å². The number of amides is 1. The fraction of sp³-hybridized carbons (Fsp3) is 0.280. The molecule has 0 bridgehead atoms. The smallest absolute Gasteiger partial charge is 0.323 e. The van der Waals surface area contributed by atoms with E-state index in [2.05, 4.69) is 0 Å². The van der Waals surface area contributed by atoms with Gasteiger partial charge in [-0.3, -0.25) is 25.3 Å². The Hall–Kier alpha value is -4.34. The van der Waals surface area contributed by atoms with Crippen molar-refractivity contribution in [3.05, 3.63) is 59.9 Å². The van der Waals surface area contributed by atoms with Gasteiger partial charge in [-0.05, 0) is 55.5 Å². The topological polar surface area (TPSA) is 157 Å². The van der Waals surface area contributed by atoms with Gasteiger partial charge in [-0.15, -0.1) is 0 Å². The number of piperidine rings is 1. The number of aliphatic carboxylic acids is 1. The second-order valence-electron chi connectivity index (χ2n) is 8.45. The Kier molecular flexibility index (Phi) is 6.72. The van der Waals surface area contributed by atoms with Crippen LogP contribution in [0.4, 0.5) is 5.69 Å². The first-order valence-electron chi connectivity index (χ1n) is 11.2.